The third kappa shape index (κ3) is 5.93. The lowest BCUT2D eigenvalue weighted by molar-refractivity contribution is 0.139. The molecule has 1 aromatic carbocycles. The summed E-state index contributed by atoms with van der Waals surface area (Å²) in [6.07, 6.45) is 16.1. The van der Waals surface area contributed by atoms with E-state index in [2.05, 4.69) is 66.4 Å². The number of rotatable bonds is 11. The van der Waals surface area contributed by atoms with Crippen LogP contribution in [-0.4, -0.2) is 22.5 Å². The van der Waals surface area contributed by atoms with E-state index in [9.17, 15) is 0 Å². The van der Waals surface area contributed by atoms with Crippen LogP contribution in [0.25, 0.3) is 0 Å². The van der Waals surface area contributed by atoms with Gasteiger partial charge in [-0.2, -0.15) is 0 Å². The standard InChI is InChI=1S/C21H34N2/c1-3-5-6-7-8-9-13-16-21-22(4-2)17-18-23(21)19-20-14-11-10-12-15-20/h10-12,14-15,17-18,21H,3-9,13,16,19H2,1-2H3. The zero-order valence-corrected chi connectivity index (χ0v) is 15.1. The Hall–Kier alpha value is -1.44. The van der Waals surface area contributed by atoms with Crippen molar-refractivity contribution in [2.45, 2.75) is 77.9 Å². The van der Waals surface area contributed by atoms with Gasteiger partial charge in [-0.25, -0.2) is 0 Å². The average molecular weight is 315 g/mol. The Morgan fingerprint density at radius 2 is 1.43 bits per heavy atom. The fraction of sp³-hybridized carbons (Fsp3) is 0.619. The normalized spacial score (nSPS) is 17.2. The van der Waals surface area contributed by atoms with E-state index in [4.69, 9.17) is 0 Å². The van der Waals surface area contributed by atoms with Gasteiger partial charge in [0.2, 0.25) is 0 Å². The summed E-state index contributed by atoms with van der Waals surface area (Å²) in [6.45, 7) is 6.67. The molecule has 1 atom stereocenters. The summed E-state index contributed by atoms with van der Waals surface area (Å²) in [6, 6.07) is 10.8. The molecule has 0 aliphatic carbocycles. The third-order valence-corrected chi connectivity index (χ3v) is 4.85. The highest BCUT2D eigenvalue weighted by atomic mass is 15.4. The minimum Gasteiger partial charge on any atom is -0.356 e. The molecule has 0 fully saturated rings. The summed E-state index contributed by atoms with van der Waals surface area (Å²) < 4.78 is 0. The summed E-state index contributed by atoms with van der Waals surface area (Å²) >= 11 is 0. The first kappa shape index (κ1) is 17.9. The van der Waals surface area contributed by atoms with Crippen LogP contribution in [0, 0.1) is 0 Å². The maximum Gasteiger partial charge on any atom is 0.101 e. The number of unbranched alkanes of at least 4 members (excludes halogenated alkanes) is 6. The monoisotopic (exact) mass is 314 g/mol. The number of hydrogen-bond donors (Lipinski definition) is 0. The van der Waals surface area contributed by atoms with Crippen molar-refractivity contribution in [2.24, 2.45) is 0 Å². The molecule has 1 unspecified atom stereocenters. The van der Waals surface area contributed by atoms with Crippen LogP contribution in [0.5, 0.6) is 0 Å². The van der Waals surface area contributed by atoms with Crippen LogP contribution in [-0.2, 0) is 6.54 Å². The van der Waals surface area contributed by atoms with Gasteiger partial charge in [0.1, 0.15) is 6.17 Å². The molecular weight excluding hydrogens is 280 g/mol. The zero-order chi connectivity index (χ0) is 16.3. The van der Waals surface area contributed by atoms with Crippen LogP contribution in [0.2, 0.25) is 0 Å². The van der Waals surface area contributed by atoms with Gasteiger partial charge in [-0.05, 0) is 25.3 Å². The maximum absolute atomic E-state index is 2.51. The van der Waals surface area contributed by atoms with E-state index < -0.39 is 0 Å². The van der Waals surface area contributed by atoms with Gasteiger partial charge in [0.25, 0.3) is 0 Å². The van der Waals surface area contributed by atoms with Crippen LogP contribution in [0.15, 0.2) is 42.7 Å². The van der Waals surface area contributed by atoms with Crippen LogP contribution in [0.3, 0.4) is 0 Å². The fourth-order valence-electron chi connectivity index (χ4n) is 3.44. The SMILES string of the molecule is CCCCCCCCCC1N(CC)C=CN1Cc1ccccc1. The molecule has 2 nitrogen and oxygen atoms in total. The van der Waals surface area contributed by atoms with Gasteiger partial charge in [-0.15, -0.1) is 0 Å². The molecule has 0 amide bonds. The second-order valence-corrected chi connectivity index (χ2v) is 6.68. The third-order valence-electron chi connectivity index (χ3n) is 4.85. The average Bonchev–Trinajstić information content (AvgIpc) is 2.97. The molecule has 0 aromatic heterocycles. The molecule has 2 rings (SSSR count). The van der Waals surface area contributed by atoms with Crippen molar-refractivity contribution in [3.63, 3.8) is 0 Å². The maximum atomic E-state index is 2.51. The van der Waals surface area contributed by atoms with Crippen molar-refractivity contribution in [3.05, 3.63) is 48.3 Å². The van der Waals surface area contributed by atoms with Gasteiger partial charge in [0, 0.05) is 25.5 Å². The van der Waals surface area contributed by atoms with E-state index in [-0.39, 0.29) is 0 Å². The molecular formula is C21H34N2. The molecule has 0 saturated heterocycles. The molecule has 0 saturated carbocycles. The first-order valence-corrected chi connectivity index (χ1v) is 9.59. The minimum atomic E-state index is 0.552. The summed E-state index contributed by atoms with van der Waals surface area (Å²) in [7, 11) is 0. The minimum absolute atomic E-state index is 0.552. The van der Waals surface area contributed by atoms with Crippen molar-refractivity contribution in [3.8, 4) is 0 Å². The lowest BCUT2D eigenvalue weighted by Crippen LogP contribution is -2.38. The molecule has 1 aliphatic heterocycles. The Morgan fingerprint density at radius 1 is 0.783 bits per heavy atom. The number of hydrogen-bond acceptors (Lipinski definition) is 2. The van der Waals surface area contributed by atoms with Crippen molar-refractivity contribution in [2.75, 3.05) is 6.54 Å². The van der Waals surface area contributed by atoms with E-state index in [1.165, 1.54) is 56.9 Å². The van der Waals surface area contributed by atoms with Gasteiger partial charge in [-0.3, -0.25) is 0 Å². The summed E-state index contributed by atoms with van der Waals surface area (Å²) in [5.41, 5.74) is 1.40. The predicted molar refractivity (Wildman–Crippen MR) is 99.9 cm³/mol. The second kappa shape index (κ2) is 10.4. The largest absolute Gasteiger partial charge is 0.356 e. The van der Waals surface area contributed by atoms with Gasteiger partial charge >= 0.3 is 0 Å². The predicted octanol–water partition coefficient (Wildman–Crippen LogP) is 5.76. The molecule has 2 heteroatoms. The quantitative estimate of drug-likeness (QED) is 0.479. The Kier molecular flexibility index (Phi) is 8.06. The van der Waals surface area contributed by atoms with Gasteiger partial charge in [0.15, 0.2) is 0 Å². The van der Waals surface area contributed by atoms with Crippen LogP contribution in [0.4, 0.5) is 0 Å². The van der Waals surface area contributed by atoms with Gasteiger partial charge < -0.3 is 9.80 Å². The van der Waals surface area contributed by atoms with E-state index in [0.717, 1.165) is 13.1 Å². The van der Waals surface area contributed by atoms with E-state index >= 15 is 0 Å². The van der Waals surface area contributed by atoms with Gasteiger partial charge in [0.05, 0.1) is 0 Å². The molecule has 0 radical (unpaired) electrons. The van der Waals surface area contributed by atoms with Crippen molar-refractivity contribution in [1.29, 1.82) is 0 Å². The Bertz CT molecular complexity index is 440. The van der Waals surface area contributed by atoms with Crippen LogP contribution >= 0.6 is 0 Å². The molecule has 1 aliphatic rings. The molecule has 23 heavy (non-hydrogen) atoms. The smallest absolute Gasteiger partial charge is 0.101 e. The van der Waals surface area contributed by atoms with Crippen LogP contribution in [0.1, 0.15) is 70.8 Å². The van der Waals surface area contributed by atoms with Gasteiger partial charge in [-0.1, -0.05) is 75.8 Å². The molecule has 1 aromatic rings. The Labute approximate surface area is 143 Å². The first-order valence-electron chi connectivity index (χ1n) is 9.59. The lowest BCUT2D eigenvalue weighted by atomic mass is 10.1. The summed E-state index contributed by atoms with van der Waals surface area (Å²) in [4.78, 5) is 5.00. The van der Waals surface area contributed by atoms with E-state index in [1.54, 1.807) is 0 Å². The molecule has 1 heterocycles. The highest BCUT2D eigenvalue weighted by Crippen LogP contribution is 2.23. The first-order chi connectivity index (χ1) is 11.3. The molecule has 128 valence electrons. The fourth-order valence-corrected chi connectivity index (χ4v) is 3.44. The lowest BCUT2D eigenvalue weighted by Gasteiger charge is -2.32. The molecule has 0 bridgehead atoms. The molecule has 0 spiro atoms. The van der Waals surface area contributed by atoms with E-state index in [1.807, 2.05) is 0 Å². The van der Waals surface area contributed by atoms with Crippen LogP contribution < -0.4 is 0 Å². The van der Waals surface area contributed by atoms with Crippen molar-refractivity contribution < 1.29 is 0 Å². The molecule has 0 N–H and O–H groups in total. The number of nitrogens with zero attached hydrogens (tertiary/aromatic N) is 2. The van der Waals surface area contributed by atoms with Crippen molar-refractivity contribution in [1.82, 2.24) is 9.80 Å². The highest BCUT2D eigenvalue weighted by Gasteiger charge is 2.24. The summed E-state index contributed by atoms with van der Waals surface area (Å²) in [5.74, 6) is 0. The second-order valence-electron chi connectivity index (χ2n) is 6.68. The Morgan fingerprint density at radius 3 is 2.13 bits per heavy atom. The Balaban J connectivity index is 1.74. The number of benzene rings is 1. The highest BCUT2D eigenvalue weighted by molar-refractivity contribution is 5.15. The van der Waals surface area contributed by atoms with Crippen molar-refractivity contribution >= 4 is 0 Å². The topological polar surface area (TPSA) is 6.48 Å². The summed E-state index contributed by atoms with van der Waals surface area (Å²) in [5, 5.41) is 0. The zero-order valence-electron chi connectivity index (χ0n) is 15.1. The van der Waals surface area contributed by atoms with E-state index in [0.29, 0.717) is 6.17 Å².